The van der Waals surface area contributed by atoms with Crippen molar-refractivity contribution in [1.29, 1.82) is 0 Å². The molecule has 0 radical (unpaired) electrons. The van der Waals surface area contributed by atoms with Gasteiger partial charge in [0.05, 0.1) is 12.2 Å². The number of aromatic nitrogens is 2. The molecule has 1 aliphatic rings. The second kappa shape index (κ2) is 13.3. The molecule has 3 aromatic carbocycles. The van der Waals surface area contributed by atoms with Crippen molar-refractivity contribution in [3.63, 3.8) is 0 Å². The van der Waals surface area contributed by atoms with Crippen LogP contribution in [0.15, 0.2) is 94.6 Å². The van der Waals surface area contributed by atoms with E-state index in [2.05, 4.69) is 11.0 Å². The van der Waals surface area contributed by atoms with Crippen molar-refractivity contribution < 1.29 is 17.9 Å². The molecule has 7 nitrogen and oxygen atoms in total. The van der Waals surface area contributed by atoms with Gasteiger partial charge in [-0.3, -0.25) is 18.8 Å². The first-order chi connectivity index (χ1) is 20.7. The minimum atomic E-state index is -4.40. The van der Waals surface area contributed by atoms with Crippen LogP contribution in [0.25, 0.3) is 11.1 Å². The Morgan fingerprint density at radius 2 is 1.51 bits per heavy atom. The Balaban J connectivity index is 1.19. The molecule has 0 aliphatic carbocycles. The van der Waals surface area contributed by atoms with Gasteiger partial charge in [-0.25, -0.2) is 4.79 Å². The lowest BCUT2D eigenvalue weighted by molar-refractivity contribution is -0.153. The fourth-order valence-corrected chi connectivity index (χ4v) is 5.45. The van der Waals surface area contributed by atoms with Crippen molar-refractivity contribution in [2.75, 3.05) is 44.2 Å². The molecule has 10 heteroatoms. The second-order valence-corrected chi connectivity index (χ2v) is 10.8. The number of ether oxygens (including phenoxy) is 1. The first-order valence-electron chi connectivity index (χ1n) is 14.4. The number of halogens is 3. The van der Waals surface area contributed by atoms with Gasteiger partial charge in [-0.2, -0.15) is 13.2 Å². The Morgan fingerprint density at radius 1 is 0.814 bits per heavy atom. The Labute approximate surface area is 248 Å². The van der Waals surface area contributed by atoms with Crippen LogP contribution in [0.1, 0.15) is 17.5 Å². The van der Waals surface area contributed by atoms with Gasteiger partial charge in [-0.05, 0) is 54.8 Å². The van der Waals surface area contributed by atoms with Crippen molar-refractivity contribution >= 4 is 5.69 Å². The number of aryl methyl sites for hydroxylation is 1. The molecule has 1 saturated heterocycles. The van der Waals surface area contributed by atoms with E-state index in [1.165, 1.54) is 4.57 Å². The quantitative estimate of drug-likeness (QED) is 0.254. The maximum atomic E-state index is 13.4. The van der Waals surface area contributed by atoms with E-state index in [1.807, 2.05) is 53.4 Å². The normalized spacial score (nSPS) is 14.2. The summed E-state index contributed by atoms with van der Waals surface area (Å²) >= 11 is 0. The van der Waals surface area contributed by atoms with Crippen LogP contribution in [0.5, 0.6) is 5.75 Å². The number of benzene rings is 3. The maximum Gasteiger partial charge on any atom is 0.422 e. The smallest absolute Gasteiger partial charge is 0.422 e. The zero-order valence-electron chi connectivity index (χ0n) is 24.1. The van der Waals surface area contributed by atoms with E-state index in [0.717, 1.165) is 16.7 Å². The molecule has 0 unspecified atom stereocenters. The van der Waals surface area contributed by atoms with E-state index >= 15 is 0 Å². The number of hydrogen-bond acceptors (Lipinski definition) is 5. The van der Waals surface area contributed by atoms with Gasteiger partial charge < -0.3 is 9.64 Å². The van der Waals surface area contributed by atoms with Gasteiger partial charge in [-0.1, -0.05) is 60.7 Å². The van der Waals surface area contributed by atoms with E-state index in [0.29, 0.717) is 63.5 Å². The first kappa shape index (κ1) is 30.2. The molecule has 0 bridgehead atoms. The van der Waals surface area contributed by atoms with Crippen LogP contribution in [0, 0.1) is 6.92 Å². The Morgan fingerprint density at radius 3 is 2.26 bits per heavy atom. The highest BCUT2D eigenvalue weighted by Crippen LogP contribution is 2.30. The van der Waals surface area contributed by atoms with Gasteiger partial charge in [0, 0.05) is 44.5 Å². The molecule has 0 amide bonds. The molecular formula is C33H35F3N4O3. The highest BCUT2D eigenvalue weighted by Gasteiger charge is 2.29. The summed E-state index contributed by atoms with van der Waals surface area (Å²) in [6.45, 7) is 4.43. The number of hydrogen-bond donors (Lipinski definition) is 0. The van der Waals surface area contributed by atoms with E-state index < -0.39 is 12.8 Å². The monoisotopic (exact) mass is 592 g/mol. The van der Waals surface area contributed by atoms with Crippen LogP contribution in [0.3, 0.4) is 0 Å². The van der Waals surface area contributed by atoms with Gasteiger partial charge in [0.25, 0.3) is 5.56 Å². The number of nitrogens with zero attached hydrogens (tertiary/aromatic N) is 4. The molecule has 0 spiro atoms. The average molecular weight is 593 g/mol. The third kappa shape index (κ3) is 7.75. The molecule has 5 rings (SSSR count). The van der Waals surface area contributed by atoms with Crippen LogP contribution in [0.2, 0.25) is 0 Å². The number of anilines is 1. The molecule has 226 valence electrons. The fraction of sp³-hybridized carbons (Fsp3) is 0.333. The minimum Gasteiger partial charge on any atom is -0.482 e. The number of alkyl halides is 3. The maximum absolute atomic E-state index is 13.4. The summed E-state index contributed by atoms with van der Waals surface area (Å²) in [6, 6.07) is 24.9. The molecular weight excluding hydrogens is 557 g/mol. The summed E-state index contributed by atoms with van der Waals surface area (Å²) in [5, 5.41) is 0. The lowest BCUT2D eigenvalue weighted by Crippen LogP contribution is -2.47. The van der Waals surface area contributed by atoms with E-state index in [9.17, 15) is 22.8 Å². The largest absolute Gasteiger partial charge is 0.482 e. The van der Waals surface area contributed by atoms with E-state index in [-0.39, 0.29) is 17.0 Å². The van der Waals surface area contributed by atoms with Crippen LogP contribution < -0.4 is 20.9 Å². The molecule has 1 aliphatic heterocycles. The Hall–Kier alpha value is -4.31. The SMILES string of the molecule is Cc1cn(Cc2cccc(-c3ccccc3)c2)c(=O)n(CCCN2CCN(c3ccccc3OCC(F)(F)F)CC2)c1=O. The van der Waals surface area contributed by atoms with Crippen molar-refractivity contribution in [2.24, 2.45) is 0 Å². The third-order valence-electron chi connectivity index (χ3n) is 7.62. The van der Waals surface area contributed by atoms with Crippen molar-refractivity contribution in [2.45, 2.75) is 32.6 Å². The molecule has 0 N–H and O–H groups in total. The second-order valence-electron chi connectivity index (χ2n) is 10.8. The van der Waals surface area contributed by atoms with Crippen LogP contribution in [0.4, 0.5) is 18.9 Å². The zero-order chi connectivity index (χ0) is 30.4. The summed E-state index contributed by atoms with van der Waals surface area (Å²) in [5.41, 5.74) is 3.68. The van der Waals surface area contributed by atoms with Crippen molar-refractivity contribution in [3.8, 4) is 16.9 Å². The van der Waals surface area contributed by atoms with Gasteiger partial charge in [0.15, 0.2) is 6.61 Å². The van der Waals surface area contributed by atoms with Gasteiger partial charge >= 0.3 is 11.9 Å². The Bertz CT molecular complexity index is 1640. The average Bonchev–Trinajstić information content (AvgIpc) is 3.01. The lowest BCUT2D eigenvalue weighted by Gasteiger charge is -2.36. The first-order valence-corrected chi connectivity index (χ1v) is 14.4. The summed E-state index contributed by atoms with van der Waals surface area (Å²) < 4.78 is 46.0. The number of rotatable bonds is 10. The predicted octanol–water partition coefficient (Wildman–Crippen LogP) is 5.19. The number of para-hydroxylation sites is 2. The van der Waals surface area contributed by atoms with Crippen LogP contribution >= 0.6 is 0 Å². The molecule has 2 heterocycles. The summed E-state index contributed by atoms with van der Waals surface area (Å²) in [6.07, 6.45) is -2.15. The topological polar surface area (TPSA) is 59.7 Å². The van der Waals surface area contributed by atoms with E-state index in [4.69, 9.17) is 4.74 Å². The standard InChI is InChI=1S/C33H35F3N4O3/c1-25-22-39(23-26-9-7-12-28(21-26)27-10-3-2-4-11-27)32(42)40(31(25)41)16-8-15-37-17-19-38(20-18-37)29-13-5-6-14-30(29)43-24-33(34,35)36/h2-7,9-14,21-22H,8,15-20,23-24H2,1H3. The lowest BCUT2D eigenvalue weighted by atomic mass is 10.0. The fourth-order valence-electron chi connectivity index (χ4n) is 5.45. The van der Waals surface area contributed by atoms with Gasteiger partial charge in [-0.15, -0.1) is 0 Å². The Kier molecular flexibility index (Phi) is 9.35. The van der Waals surface area contributed by atoms with Gasteiger partial charge in [0.1, 0.15) is 5.75 Å². The minimum absolute atomic E-state index is 0.218. The summed E-state index contributed by atoms with van der Waals surface area (Å²) in [7, 11) is 0. The molecule has 0 atom stereocenters. The highest BCUT2D eigenvalue weighted by atomic mass is 19.4. The predicted molar refractivity (Wildman–Crippen MR) is 162 cm³/mol. The van der Waals surface area contributed by atoms with Crippen molar-refractivity contribution in [3.05, 3.63) is 117 Å². The summed E-state index contributed by atoms with van der Waals surface area (Å²) in [4.78, 5) is 30.5. The summed E-state index contributed by atoms with van der Waals surface area (Å²) in [5.74, 6) is 0.218. The molecule has 4 aromatic rings. The number of piperazine rings is 1. The zero-order valence-corrected chi connectivity index (χ0v) is 24.1. The van der Waals surface area contributed by atoms with Crippen LogP contribution in [-0.2, 0) is 13.1 Å². The molecule has 1 aromatic heterocycles. The third-order valence-corrected chi connectivity index (χ3v) is 7.62. The highest BCUT2D eigenvalue weighted by molar-refractivity contribution is 5.64. The molecule has 1 fully saturated rings. The molecule has 0 saturated carbocycles. The molecule has 43 heavy (non-hydrogen) atoms. The van der Waals surface area contributed by atoms with E-state index in [1.54, 1.807) is 42.0 Å². The van der Waals surface area contributed by atoms with Gasteiger partial charge in [0.2, 0.25) is 0 Å². The van der Waals surface area contributed by atoms with Crippen molar-refractivity contribution in [1.82, 2.24) is 14.0 Å². The van der Waals surface area contributed by atoms with Crippen LogP contribution in [-0.4, -0.2) is 59.5 Å².